The van der Waals surface area contributed by atoms with Gasteiger partial charge in [0.1, 0.15) is 0 Å². The monoisotopic (exact) mass is 262 g/mol. The summed E-state index contributed by atoms with van der Waals surface area (Å²) >= 11 is 0. The number of rotatable bonds is 4. The maximum absolute atomic E-state index is 5.60. The van der Waals surface area contributed by atoms with Crippen molar-refractivity contribution in [2.45, 2.75) is 25.9 Å². The van der Waals surface area contributed by atoms with Crippen LogP contribution in [0.15, 0.2) is 18.2 Å². The van der Waals surface area contributed by atoms with Gasteiger partial charge >= 0.3 is 0 Å². The second-order valence-corrected chi connectivity index (χ2v) is 5.42. The van der Waals surface area contributed by atoms with Crippen LogP contribution in [0.3, 0.4) is 0 Å². The van der Waals surface area contributed by atoms with Crippen LogP contribution in [0.2, 0.25) is 0 Å². The molecule has 0 radical (unpaired) electrons. The molecule has 3 rings (SSSR count). The first kappa shape index (κ1) is 12.8. The quantitative estimate of drug-likeness (QED) is 0.828. The van der Waals surface area contributed by atoms with Crippen LogP contribution in [-0.4, -0.2) is 49.3 Å². The minimum atomic E-state index is 0.352. The van der Waals surface area contributed by atoms with Crippen molar-refractivity contribution >= 4 is 0 Å². The highest BCUT2D eigenvalue weighted by Gasteiger charge is 2.26. The van der Waals surface area contributed by atoms with Crippen LogP contribution in [-0.2, 0) is 6.54 Å². The van der Waals surface area contributed by atoms with E-state index in [9.17, 15) is 0 Å². The highest BCUT2D eigenvalue weighted by molar-refractivity contribution is 5.48. The number of nitrogens with zero attached hydrogens (tertiary/aromatic N) is 2. The summed E-state index contributed by atoms with van der Waals surface area (Å²) in [7, 11) is 2.20. The zero-order chi connectivity index (χ0) is 13.2. The second kappa shape index (κ2) is 5.39. The Kier molecular flexibility index (Phi) is 3.62. The Labute approximate surface area is 114 Å². The maximum atomic E-state index is 5.60. The summed E-state index contributed by atoms with van der Waals surface area (Å²) < 4.78 is 11.0. The van der Waals surface area contributed by atoms with E-state index in [0.29, 0.717) is 12.8 Å². The van der Waals surface area contributed by atoms with E-state index < -0.39 is 0 Å². The van der Waals surface area contributed by atoms with Gasteiger partial charge in [-0.05, 0) is 32.6 Å². The molecule has 1 saturated heterocycles. The van der Waals surface area contributed by atoms with Gasteiger partial charge in [-0.2, -0.15) is 0 Å². The summed E-state index contributed by atoms with van der Waals surface area (Å²) in [6.45, 7) is 6.97. The minimum Gasteiger partial charge on any atom is -0.454 e. The summed E-state index contributed by atoms with van der Waals surface area (Å²) in [5.41, 5.74) is 1.24. The number of benzene rings is 1. The van der Waals surface area contributed by atoms with E-state index in [1.165, 1.54) is 25.1 Å². The van der Waals surface area contributed by atoms with E-state index >= 15 is 0 Å². The van der Waals surface area contributed by atoms with Crippen molar-refractivity contribution in [3.63, 3.8) is 0 Å². The summed E-state index contributed by atoms with van der Waals surface area (Å²) in [5.74, 6) is 1.82. The van der Waals surface area contributed by atoms with Crippen molar-refractivity contribution in [3.05, 3.63) is 23.8 Å². The standard InChI is InChI=1S/C15H22N2O2/c1-3-17(13-7-8-16(2)10-13)9-12-5-4-6-14-15(12)19-11-18-14/h4-6,13H,3,7-11H2,1-2H3. The molecule has 0 spiro atoms. The highest BCUT2D eigenvalue weighted by atomic mass is 16.7. The Hall–Kier alpha value is -1.26. The Morgan fingerprint density at radius 2 is 2.26 bits per heavy atom. The first-order chi connectivity index (χ1) is 9.28. The first-order valence-corrected chi connectivity index (χ1v) is 7.08. The lowest BCUT2D eigenvalue weighted by atomic mass is 10.1. The molecule has 1 atom stereocenters. The van der Waals surface area contributed by atoms with Gasteiger partial charge in [0.05, 0.1) is 0 Å². The van der Waals surface area contributed by atoms with Gasteiger partial charge in [0.2, 0.25) is 6.79 Å². The molecule has 4 nitrogen and oxygen atoms in total. The van der Waals surface area contributed by atoms with E-state index in [4.69, 9.17) is 9.47 Å². The molecule has 0 bridgehead atoms. The summed E-state index contributed by atoms with van der Waals surface area (Å²) in [6, 6.07) is 6.84. The van der Waals surface area contributed by atoms with Gasteiger partial charge in [-0.1, -0.05) is 19.1 Å². The number of hydrogen-bond acceptors (Lipinski definition) is 4. The molecule has 0 amide bonds. The van der Waals surface area contributed by atoms with Crippen molar-refractivity contribution < 1.29 is 9.47 Å². The van der Waals surface area contributed by atoms with Crippen LogP contribution >= 0.6 is 0 Å². The van der Waals surface area contributed by atoms with Crippen molar-refractivity contribution in [3.8, 4) is 11.5 Å². The summed E-state index contributed by atoms with van der Waals surface area (Å²) in [5, 5.41) is 0. The fraction of sp³-hybridized carbons (Fsp3) is 0.600. The molecule has 0 aliphatic carbocycles. The number of hydrogen-bond donors (Lipinski definition) is 0. The van der Waals surface area contributed by atoms with E-state index in [-0.39, 0.29) is 0 Å². The molecule has 1 unspecified atom stereocenters. The van der Waals surface area contributed by atoms with Gasteiger partial charge < -0.3 is 14.4 Å². The first-order valence-electron chi connectivity index (χ1n) is 7.08. The third-order valence-corrected chi connectivity index (χ3v) is 4.14. The van der Waals surface area contributed by atoms with Crippen LogP contribution < -0.4 is 9.47 Å². The largest absolute Gasteiger partial charge is 0.454 e. The van der Waals surface area contributed by atoms with E-state index in [1.54, 1.807) is 0 Å². The third kappa shape index (κ3) is 2.55. The van der Waals surface area contributed by atoms with Gasteiger partial charge in [-0.15, -0.1) is 0 Å². The Balaban J connectivity index is 1.74. The van der Waals surface area contributed by atoms with Gasteiger partial charge in [-0.25, -0.2) is 0 Å². The molecule has 19 heavy (non-hydrogen) atoms. The number of ether oxygens (including phenoxy) is 2. The van der Waals surface area contributed by atoms with Crippen LogP contribution in [0, 0.1) is 0 Å². The molecule has 0 N–H and O–H groups in total. The smallest absolute Gasteiger partial charge is 0.231 e. The molecule has 104 valence electrons. The predicted octanol–water partition coefficient (Wildman–Crippen LogP) is 1.94. The summed E-state index contributed by atoms with van der Waals surface area (Å²) in [4.78, 5) is 4.95. The lowest BCUT2D eigenvalue weighted by Gasteiger charge is -2.27. The molecule has 1 aromatic carbocycles. The van der Waals surface area contributed by atoms with Crippen LogP contribution in [0.4, 0.5) is 0 Å². The zero-order valence-corrected chi connectivity index (χ0v) is 11.8. The van der Waals surface area contributed by atoms with Crippen LogP contribution in [0.25, 0.3) is 0 Å². The molecule has 2 heterocycles. The fourth-order valence-corrected chi connectivity index (χ4v) is 3.04. The molecule has 4 heteroatoms. The average Bonchev–Trinajstić information content (AvgIpc) is 3.04. The molecule has 2 aliphatic rings. The molecular formula is C15H22N2O2. The molecule has 1 fully saturated rings. The SMILES string of the molecule is CCN(Cc1cccc2c1OCO2)C1CCN(C)C1. The average molecular weight is 262 g/mol. The lowest BCUT2D eigenvalue weighted by Crippen LogP contribution is -2.36. The molecule has 1 aromatic rings. The molecule has 0 aromatic heterocycles. The van der Waals surface area contributed by atoms with Crippen molar-refractivity contribution in [1.82, 2.24) is 9.80 Å². The van der Waals surface area contributed by atoms with E-state index in [0.717, 1.165) is 24.6 Å². The second-order valence-electron chi connectivity index (χ2n) is 5.42. The third-order valence-electron chi connectivity index (χ3n) is 4.14. The Morgan fingerprint density at radius 3 is 3.00 bits per heavy atom. The number of fused-ring (bicyclic) bond motifs is 1. The number of likely N-dealkylation sites (N-methyl/N-ethyl adjacent to an activating group) is 2. The van der Waals surface area contributed by atoms with Crippen molar-refractivity contribution in [1.29, 1.82) is 0 Å². The highest BCUT2D eigenvalue weighted by Crippen LogP contribution is 2.36. The molecular weight excluding hydrogens is 240 g/mol. The molecule has 2 aliphatic heterocycles. The van der Waals surface area contributed by atoms with Gasteiger partial charge in [0, 0.05) is 24.7 Å². The van der Waals surface area contributed by atoms with E-state index in [2.05, 4.69) is 35.9 Å². The van der Waals surface area contributed by atoms with Crippen LogP contribution in [0.1, 0.15) is 18.9 Å². The predicted molar refractivity (Wildman–Crippen MR) is 74.6 cm³/mol. The topological polar surface area (TPSA) is 24.9 Å². The maximum Gasteiger partial charge on any atom is 0.231 e. The van der Waals surface area contributed by atoms with Crippen molar-refractivity contribution in [2.24, 2.45) is 0 Å². The van der Waals surface area contributed by atoms with E-state index in [1.807, 2.05) is 6.07 Å². The Bertz CT molecular complexity index is 450. The van der Waals surface area contributed by atoms with Crippen molar-refractivity contribution in [2.75, 3.05) is 33.5 Å². The van der Waals surface area contributed by atoms with Crippen LogP contribution in [0.5, 0.6) is 11.5 Å². The number of likely N-dealkylation sites (tertiary alicyclic amines) is 1. The Morgan fingerprint density at radius 1 is 1.37 bits per heavy atom. The van der Waals surface area contributed by atoms with Gasteiger partial charge in [0.25, 0.3) is 0 Å². The summed E-state index contributed by atoms with van der Waals surface area (Å²) in [6.07, 6.45) is 1.26. The lowest BCUT2D eigenvalue weighted by molar-refractivity contribution is 0.168. The number of para-hydroxylation sites is 1. The minimum absolute atomic E-state index is 0.352. The fourth-order valence-electron chi connectivity index (χ4n) is 3.04. The zero-order valence-electron chi connectivity index (χ0n) is 11.8. The van der Waals surface area contributed by atoms with Gasteiger partial charge in [-0.3, -0.25) is 4.90 Å². The van der Waals surface area contributed by atoms with Gasteiger partial charge in [0.15, 0.2) is 11.5 Å². The molecule has 0 saturated carbocycles. The normalized spacial score (nSPS) is 22.4.